The molecule has 0 radical (unpaired) electrons. The normalized spacial score (nSPS) is 26.5. The Hall–Kier alpha value is -1.78. The molecule has 1 spiro atoms. The average molecular weight is 290 g/mol. The molecule has 5 heteroatoms. The Labute approximate surface area is 124 Å². The van der Waals surface area contributed by atoms with Gasteiger partial charge in [0.05, 0.1) is 11.8 Å². The van der Waals surface area contributed by atoms with Crippen molar-refractivity contribution in [2.24, 2.45) is 0 Å². The zero-order valence-electron chi connectivity index (χ0n) is 12.7. The van der Waals surface area contributed by atoms with Crippen LogP contribution in [0, 0.1) is 6.92 Å². The van der Waals surface area contributed by atoms with Crippen molar-refractivity contribution in [1.29, 1.82) is 0 Å². The van der Waals surface area contributed by atoms with Gasteiger partial charge in [-0.1, -0.05) is 0 Å². The summed E-state index contributed by atoms with van der Waals surface area (Å²) in [6.07, 6.45) is 6.00. The van der Waals surface area contributed by atoms with Crippen LogP contribution < -0.4 is 0 Å². The first-order chi connectivity index (χ1) is 10.0. The van der Waals surface area contributed by atoms with Crippen molar-refractivity contribution in [3.63, 3.8) is 0 Å². The molecule has 0 aromatic carbocycles. The summed E-state index contributed by atoms with van der Waals surface area (Å²) in [5.41, 5.74) is 0.691. The molecule has 21 heavy (non-hydrogen) atoms. The van der Waals surface area contributed by atoms with Crippen LogP contribution in [0.3, 0.4) is 0 Å². The van der Waals surface area contributed by atoms with Crippen molar-refractivity contribution in [1.82, 2.24) is 9.80 Å². The number of furan rings is 1. The van der Waals surface area contributed by atoms with Gasteiger partial charge in [-0.25, -0.2) is 0 Å². The molecule has 1 aromatic heterocycles. The molecule has 2 aliphatic heterocycles. The van der Waals surface area contributed by atoms with Gasteiger partial charge in [0.25, 0.3) is 5.91 Å². The van der Waals surface area contributed by atoms with Crippen molar-refractivity contribution in [3.8, 4) is 0 Å². The highest BCUT2D eigenvalue weighted by molar-refractivity contribution is 5.93. The van der Waals surface area contributed by atoms with Crippen molar-refractivity contribution < 1.29 is 14.0 Å². The second kappa shape index (κ2) is 5.20. The molecule has 5 nitrogen and oxygen atoms in total. The van der Waals surface area contributed by atoms with E-state index in [0.29, 0.717) is 18.7 Å². The lowest BCUT2D eigenvalue weighted by Crippen LogP contribution is -2.61. The topological polar surface area (TPSA) is 53.8 Å². The molecule has 0 N–H and O–H groups in total. The first-order valence-corrected chi connectivity index (χ1v) is 7.63. The molecule has 2 fully saturated rings. The van der Waals surface area contributed by atoms with Gasteiger partial charge >= 0.3 is 0 Å². The maximum atomic E-state index is 12.6. The molecule has 0 saturated carbocycles. The predicted molar refractivity (Wildman–Crippen MR) is 77.9 cm³/mol. The SMILES string of the molecule is Cc1ccoc1C(=O)N1CCC[C@]2(CCCC(=O)N2C)C1. The van der Waals surface area contributed by atoms with E-state index < -0.39 is 0 Å². The first kappa shape index (κ1) is 14.2. The number of piperidine rings is 2. The van der Waals surface area contributed by atoms with Gasteiger partial charge in [0.1, 0.15) is 0 Å². The minimum absolute atomic E-state index is 0.0528. The maximum Gasteiger partial charge on any atom is 0.289 e. The van der Waals surface area contributed by atoms with Crippen LogP contribution in [-0.4, -0.2) is 47.3 Å². The molecular formula is C16H22N2O3. The van der Waals surface area contributed by atoms with Crippen molar-refractivity contribution in [2.45, 2.75) is 44.6 Å². The van der Waals surface area contributed by atoms with Gasteiger partial charge < -0.3 is 14.2 Å². The van der Waals surface area contributed by atoms with E-state index in [9.17, 15) is 9.59 Å². The minimum atomic E-state index is -0.177. The van der Waals surface area contributed by atoms with Gasteiger partial charge in [-0.2, -0.15) is 0 Å². The van der Waals surface area contributed by atoms with Crippen LogP contribution in [0.2, 0.25) is 0 Å². The van der Waals surface area contributed by atoms with Crippen LogP contribution in [0.4, 0.5) is 0 Å². The van der Waals surface area contributed by atoms with E-state index in [1.807, 2.05) is 29.8 Å². The van der Waals surface area contributed by atoms with Gasteiger partial charge in [0.15, 0.2) is 5.76 Å². The molecule has 3 rings (SSSR count). The fraction of sp³-hybridized carbons (Fsp3) is 0.625. The summed E-state index contributed by atoms with van der Waals surface area (Å²) in [5, 5.41) is 0. The predicted octanol–water partition coefficient (Wildman–Crippen LogP) is 2.21. The van der Waals surface area contributed by atoms with Crippen LogP contribution in [0.5, 0.6) is 0 Å². The molecule has 1 aromatic rings. The van der Waals surface area contributed by atoms with E-state index in [-0.39, 0.29) is 17.4 Å². The maximum absolute atomic E-state index is 12.6. The molecule has 3 heterocycles. The summed E-state index contributed by atoms with van der Waals surface area (Å²) >= 11 is 0. The zero-order valence-corrected chi connectivity index (χ0v) is 12.7. The van der Waals surface area contributed by atoms with Gasteiger partial charge in [-0.3, -0.25) is 9.59 Å². The third-order valence-corrected chi connectivity index (χ3v) is 5.02. The number of hydrogen-bond acceptors (Lipinski definition) is 3. The van der Waals surface area contributed by atoms with E-state index in [4.69, 9.17) is 4.42 Å². The van der Waals surface area contributed by atoms with E-state index in [1.165, 1.54) is 0 Å². The highest BCUT2D eigenvalue weighted by Crippen LogP contribution is 2.36. The second-order valence-electron chi connectivity index (χ2n) is 6.29. The summed E-state index contributed by atoms with van der Waals surface area (Å²) in [6, 6.07) is 1.81. The molecular weight excluding hydrogens is 268 g/mol. The number of carbonyl (C=O) groups is 2. The first-order valence-electron chi connectivity index (χ1n) is 7.63. The quantitative estimate of drug-likeness (QED) is 0.797. The summed E-state index contributed by atoms with van der Waals surface area (Å²) in [6.45, 7) is 3.24. The summed E-state index contributed by atoms with van der Waals surface area (Å²) in [7, 11) is 1.88. The van der Waals surface area contributed by atoms with Crippen molar-refractivity contribution in [3.05, 3.63) is 23.7 Å². The van der Waals surface area contributed by atoms with Crippen LogP contribution in [-0.2, 0) is 4.79 Å². The molecule has 2 aliphatic rings. The number of hydrogen-bond donors (Lipinski definition) is 0. The number of likely N-dealkylation sites (tertiary alicyclic amines) is 2. The van der Waals surface area contributed by atoms with Crippen molar-refractivity contribution in [2.75, 3.05) is 20.1 Å². The summed E-state index contributed by atoms with van der Waals surface area (Å²) < 4.78 is 5.33. The number of rotatable bonds is 1. The van der Waals surface area contributed by atoms with Crippen LogP contribution in [0.1, 0.15) is 48.2 Å². The molecule has 2 amide bonds. The highest BCUT2D eigenvalue weighted by Gasteiger charge is 2.44. The number of aryl methyl sites for hydroxylation is 1. The summed E-state index contributed by atoms with van der Waals surface area (Å²) in [5.74, 6) is 0.574. The van der Waals surface area contributed by atoms with Crippen LogP contribution in [0.25, 0.3) is 0 Å². The van der Waals surface area contributed by atoms with Crippen LogP contribution in [0.15, 0.2) is 16.7 Å². The van der Waals surface area contributed by atoms with Gasteiger partial charge in [0, 0.05) is 32.1 Å². The Morgan fingerprint density at radius 3 is 2.81 bits per heavy atom. The Balaban J connectivity index is 1.81. The fourth-order valence-electron chi connectivity index (χ4n) is 3.67. The lowest BCUT2D eigenvalue weighted by atomic mass is 9.80. The monoisotopic (exact) mass is 290 g/mol. The molecule has 0 unspecified atom stereocenters. The molecule has 114 valence electrons. The van der Waals surface area contributed by atoms with Crippen LogP contribution >= 0.6 is 0 Å². The van der Waals surface area contributed by atoms with E-state index in [1.54, 1.807) is 6.26 Å². The zero-order chi connectivity index (χ0) is 15.0. The molecule has 2 saturated heterocycles. The number of carbonyl (C=O) groups excluding carboxylic acids is 2. The number of amides is 2. The Kier molecular flexibility index (Phi) is 3.51. The standard InChI is InChI=1S/C16H22N2O3/c1-12-6-10-21-14(12)15(20)18-9-4-8-16(11-18)7-3-5-13(19)17(16)2/h6,10H,3-5,7-9,11H2,1-2H3/t16-/m1/s1. The summed E-state index contributed by atoms with van der Waals surface area (Å²) in [4.78, 5) is 28.4. The van der Waals surface area contributed by atoms with E-state index in [2.05, 4.69) is 0 Å². The molecule has 1 atom stereocenters. The average Bonchev–Trinajstić information content (AvgIpc) is 2.90. The Morgan fingerprint density at radius 1 is 1.33 bits per heavy atom. The fourth-order valence-corrected chi connectivity index (χ4v) is 3.67. The third-order valence-electron chi connectivity index (χ3n) is 5.02. The Bertz CT molecular complexity index is 562. The number of likely N-dealkylation sites (N-methyl/N-ethyl adjacent to an activating group) is 1. The van der Waals surface area contributed by atoms with E-state index >= 15 is 0 Å². The lowest BCUT2D eigenvalue weighted by molar-refractivity contribution is -0.142. The Morgan fingerprint density at radius 2 is 2.10 bits per heavy atom. The van der Waals surface area contributed by atoms with Gasteiger partial charge in [0.2, 0.25) is 5.91 Å². The second-order valence-corrected chi connectivity index (χ2v) is 6.29. The van der Waals surface area contributed by atoms with Gasteiger partial charge in [-0.05, 0) is 38.7 Å². The number of nitrogens with zero attached hydrogens (tertiary/aromatic N) is 2. The highest BCUT2D eigenvalue weighted by atomic mass is 16.3. The lowest BCUT2D eigenvalue weighted by Gasteiger charge is -2.50. The molecule has 0 aliphatic carbocycles. The smallest absolute Gasteiger partial charge is 0.289 e. The van der Waals surface area contributed by atoms with E-state index in [0.717, 1.165) is 37.8 Å². The third kappa shape index (κ3) is 2.34. The molecule has 0 bridgehead atoms. The largest absolute Gasteiger partial charge is 0.459 e. The van der Waals surface area contributed by atoms with Gasteiger partial charge in [-0.15, -0.1) is 0 Å². The van der Waals surface area contributed by atoms with Crippen molar-refractivity contribution >= 4 is 11.8 Å². The minimum Gasteiger partial charge on any atom is -0.459 e.